The maximum Gasteiger partial charge on any atom is 0.249 e. The molecule has 2 N–H and O–H groups in total. The van der Waals surface area contributed by atoms with Crippen molar-refractivity contribution in [3.8, 4) is 0 Å². The van der Waals surface area contributed by atoms with Gasteiger partial charge in [-0.1, -0.05) is 0 Å². The molecule has 0 aliphatic rings. The molecule has 0 aromatic heterocycles. The molecule has 2 nitrogen and oxygen atoms in total. The standard InChI is InChI=1S/C7H4F2INO/c8-4-1-3(7(11)12)6(10)2-5(4)9/h1-2H,(H2,11,12). The Kier molecular flexibility index (Phi) is 2.61. The van der Waals surface area contributed by atoms with Crippen LogP contribution in [-0.4, -0.2) is 5.91 Å². The lowest BCUT2D eigenvalue weighted by atomic mass is 10.2. The number of hydrogen-bond acceptors (Lipinski definition) is 1. The van der Waals surface area contributed by atoms with Gasteiger partial charge in [0.25, 0.3) is 0 Å². The summed E-state index contributed by atoms with van der Waals surface area (Å²) < 4.78 is 25.3. The first-order valence-corrected chi connectivity index (χ1v) is 4.04. The van der Waals surface area contributed by atoms with E-state index in [1.54, 1.807) is 22.6 Å². The molecule has 0 aliphatic carbocycles. The predicted molar refractivity (Wildman–Crippen MR) is 47.6 cm³/mol. The number of amides is 1. The Bertz CT molecular complexity index is 340. The van der Waals surface area contributed by atoms with E-state index in [4.69, 9.17) is 5.73 Å². The van der Waals surface area contributed by atoms with Crippen LogP contribution in [0.4, 0.5) is 8.78 Å². The smallest absolute Gasteiger partial charge is 0.249 e. The molecule has 12 heavy (non-hydrogen) atoms. The summed E-state index contributed by atoms with van der Waals surface area (Å²) in [6.45, 7) is 0. The number of nitrogens with two attached hydrogens (primary N) is 1. The normalized spacial score (nSPS) is 9.92. The fourth-order valence-electron chi connectivity index (χ4n) is 0.711. The summed E-state index contributed by atoms with van der Waals surface area (Å²) in [4.78, 5) is 10.6. The fourth-order valence-corrected chi connectivity index (χ4v) is 1.41. The summed E-state index contributed by atoms with van der Waals surface area (Å²) in [5.74, 6) is -2.81. The Morgan fingerprint density at radius 2 is 1.83 bits per heavy atom. The van der Waals surface area contributed by atoms with Crippen molar-refractivity contribution in [1.29, 1.82) is 0 Å². The van der Waals surface area contributed by atoms with Crippen molar-refractivity contribution < 1.29 is 13.6 Å². The molecule has 0 saturated heterocycles. The zero-order chi connectivity index (χ0) is 9.30. The molecule has 0 atom stereocenters. The van der Waals surface area contributed by atoms with E-state index in [0.29, 0.717) is 3.57 Å². The molecule has 1 amide bonds. The first-order valence-electron chi connectivity index (χ1n) is 2.96. The highest BCUT2D eigenvalue weighted by atomic mass is 127. The van der Waals surface area contributed by atoms with Gasteiger partial charge in [0.2, 0.25) is 5.91 Å². The van der Waals surface area contributed by atoms with Crippen LogP contribution in [-0.2, 0) is 0 Å². The van der Waals surface area contributed by atoms with E-state index in [2.05, 4.69) is 0 Å². The van der Waals surface area contributed by atoms with Crippen molar-refractivity contribution in [2.75, 3.05) is 0 Å². The van der Waals surface area contributed by atoms with Crippen molar-refractivity contribution in [2.24, 2.45) is 5.73 Å². The highest BCUT2D eigenvalue weighted by molar-refractivity contribution is 14.1. The van der Waals surface area contributed by atoms with Crippen LogP contribution >= 0.6 is 22.6 Å². The molecule has 0 heterocycles. The van der Waals surface area contributed by atoms with Crippen LogP contribution in [0.25, 0.3) is 0 Å². The Labute approximate surface area is 80.9 Å². The minimum absolute atomic E-state index is 0.00509. The monoisotopic (exact) mass is 283 g/mol. The third-order valence-electron chi connectivity index (χ3n) is 1.28. The first kappa shape index (κ1) is 9.37. The van der Waals surface area contributed by atoms with E-state index in [9.17, 15) is 13.6 Å². The number of hydrogen-bond donors (Lipinski definition) is 1. The molecule has 0 fully saturated rings. The van der Waals surface area contributed by atoms with Gasteiger partial charge in [-0.15, -0.1) is 0 Å². The Balaban J connectivity index is 3.33. The minimum Gasteiger partial charge on any atom is -0.366 e. The van der Waals surface area contributed by atoms with E-state index in [-0.39, 0.29) is 5.56 Å². The number of halogens is 3. The fraction of sp³-hybridized carbons (Fsp3) is 0. The zero-order valence-corrected chi connectivity index (χ0v) is 7.93. The maximum atomic E-state index is 12.5. The van der Waals surface area contributed by atoms with Crippen LogP contribution in [0.2, 0.25) is 0 Å². The molecule has 0 saturated carbocycles. The van der Waals surface area contributed by atoms with E-state index in [1.165, 1.54) is 0 Å². The lowest BCUT2D eigenvalue weighted by molar-refractivity contribution is 0.0999. The SMILES string of the molecule is NC(=O)c1cc(F)c(F)cc1I. The van der Waals surface area contributed by atoms with Crippen LogP contribution in [0.5, 0.6) is 0 Å². The number of rotatable bonds is 1. The van der Waals surface area contributed by atoms with Gasteiger partial charge >= 0.3 is 0 Å². The third kappa shape index (κ3) is 1.71. The van der Waals surface area contributed by atoms with Crippen LogP contribution in [0.15, 0.2) is 12.1 Å². The number of benzene rings is 1. The summed E-state index contributed by atoms with van der Waals surface area (Å²) in [5, 5.41) is 0. The summed E-state index contributed by atoms with van der Waals surface area (Å²) in [6.07, 6.45) is 0. The molecule has 0 bridgehead atoms. The Hall–Kier alpha value is -0.720. The minimum atomic E-state index is -1.07. The van der Waals surface area contributed by atoms with Crippen LogP contribution < -0.4 is 5.73 Å². The summed E-state index contributed by atoms with van der Waals surface area (Å²) >= 11 is 1.71. The molecule has 1 aromatic rings. The van der Waals surface area contributed by atoms with Crippen molar-refractivity contribution >= 4 is 28.5 Å². The quantitative estimate of drug-likeness (QED) is 0.618. The van der Waals surface area contributed by atoms with Gasteiger partial charge in [-0.05, 0) is 34.7 Å². The first-order chi connectivity index (χ1) is 5.52. The lowest BCUT2D eigenvalue weighted by Crippen LogP contribution is -2.13. The van der Waals surface area contributed by atoms with E-state index in [1.807, 2.05) is 0 Å². The van der Waals surface area contributed by atoms with Gasteiger partial charge in [-0.3, -0.25) is 4.79 Å². The van der Waals surface area contributed by atoms with Crippen LogP contribution in [0, 0.1) is 15.2 Å². The van der Waals surface area contributed by atoms with Gasteiger partial charge in [0.05, 0.1) is 5.56 Å². The highest BCUT2D eigenvalue weighted by Gasteiger charge is 2.11. The van der Waals surface area contributed by atoms with Gasteiger partial charge in [0.15, 0.2) is 11.6 Å². The number of primary amides is 1. The number of carbonyl (C=O) groups excluding carboxylic acids is 1. The van der Waals surface area contributed by atoms with Gasteiger partial charge in [-0.25, -0.2) is 8.78 Å². The molecule has 1 aromatic carbocycles. The average Bonchev–Trinajstić information content (AvgIpc) is 1.96. The van der Waals surface area contributed by atoms with E-state index in [0.717, 1.165) is 12.1 Å². The molecule has 5 heteroatoms. The average molecular weight is 283 g/mol. The Morgan fingerprint density at radius 3 is 2.33 bits per heavy atom. The molecular weight excluding hydrogens is 279 g/mol. The predicted octanol–water partition coefficient (Wildman–Crippen LogP) is 1.67. The van der Waals surface area contributed by atoms with Gasteiger partial charge in [-0.2, -0.15) is 0 Å². The topological polar surface area (TPSA) is 43.1 Å². The van der Waals surface area contributed by atoms with Crippen LogP contribution in [0.3, 0.4) is 0 Å². The second-order valence-electron chi connectivity index (χ2n) is 2.11. The summed E-state index contributed by atoms with van der Waals surface area (Å²) in [6, 6.07) is 1.72. The Morgan fingerprint density at radius 1 is 1.33 bits per heavy atom. The molecule has 0 unspecified atom stereocenters. The van der Waals surface area contributed by atoms with Crippen molar-refractivity contribution in [2.45, 2.75) is 0 Å². The summed E-state index contributed by atoms with van der Waals surface area (Å²) in [5.41, 5.74) is 4.90. The van der Waals surface area contributed by atoms with E-state index >= 15 is 0 Å². The summed E-state index contributed by atoms with van der Waals surface area (Å²) in [7, 11) is 0. The molecule has 0 aliphatic heterocycles. The third-order valence-corrected chi connectivity index (χ3v) is 2.17. The van der Waals surface area contributed by atoms with E-state index < -0.39 is 17.5 Å². The van der Waals surface area contributed by atoms with Crippen molar-refractivity contribution in [3.63, 3.8) is 0 Å². The van der Waals surface area contributed by atoms with Gasteiger partial charge in [0.1, 0.15) is 0 Å². The molecular formula is C7H4F2INO. The molecule has 0 spiro atoms. The maximum absolute atomic E-state index is 12.5. The number of carbonyl (C=O) groups is 1. The van der Waals surface area contributed by atoms with Crippen molar-refractivity contribution in [1.82, 2.24) is 0 Å². The highest BCUT2D eigenvalue weighted by Crippen LogP contribution is 2.16. The second-order valence-corrected chi connectivity index (χ2v) is 3.27. The zero-order valence-electron chi connectivity index (χ0n) is 5.77. The lowest BCUT2D eigenvalue weighted by Gasteiger charge is -1.99. The largest absolute Gasteiger partial charge is 0.366 e. The van der Waals surface area contributed by atoms with Gasteiger partial charge < -0.3 is 5.73 Å². The van der Waals surface area contributed by atoms with Crippen molar-refractivity contribution in [3.05, 3.63) is 32.9 Å². The van der Waals surface area contributed by atoms with Crippen LogP contribution in [0.1, 0.15) is 10.4 Å². The molecule has 64 valence electrons. The van der Waals surface area contributed by atoms with Gasteiger partial charge in [0, 0.05) is 3.57 Å². The second kappa shape index (κ2) is 3.34. The molecule has 0 radical (unpaired) electrons. The molecule has 1 rings (SSSR count).